The van der Waals surface area contributed by atoms with Crippen molar-refractivity contribution in [1.82, 2.24) is 14.8 Å². The molecule has 0 bridgehead atoms. The van der Waals surface area contributed by atoms with Crippen molar-refractivity contribution >= 4 is 27.6 Å². The summed E-state index contributed by atoms with van der Waals surface area (Å²) in [7, 11) is 1.58. The minimum Gasteiger partial charge on any atom is -0.497 e. The van der Waals surface area contributed by atoms with E-state index in [0.717, 1.165) is 27.5 Å². The van der Waals surface area contributed by atoms with Crippen LogP contribution in [0.2, 0.25) is 0 Å². The molecule has 2 heterocycles. The van der Waals surface area contributed by atoms with Crippen molar-refractivity contribution in [2.24, 2.45) is 0 Å². The molecule has 0 saturated heterocycles. The molecule has 0 aliphatic heterocycles. The van der Waals surface area contributed by atoms with Crippen LogP contribution < -0.4 is 4.74 Å². The van der Waals surface area contributed by atoms with Crippen molar-refractivity contribution in [2.45, 2.75) is 13.5 Å². The number of carbonyl (C=O) groups is 1. The zero-order valence-corrected chi connectivity index (χ0v) is 14.8. The molecule has 4 rings (SSSR count). The van der Waals surface area contributed by atoms with E-state index in [9.17, 15) is 15.0 Å². The maximum Gasteiger partial charge on any atom is 0.323 e. The summed E-state index contributed by atoms with van der Waals surface area (Å²) in [6.45, 7) is 1.69. The number of benzene rings is 2. The lowest BCUT2D eigenvalue weighted by Gasteiger charge is -2.08. The van der Waals surface area contributed by atoms with Crippen molar-refractivity contribution in [3.05, 3.63) is 48.2 Å². The van der Waals surface area contributed by atoms with Gasteiger partial charge in [-0.05, 0) is 31.2 Å². The number of aromatic hydroxyl groups is 1. The third-order valence-corrected chi connectivity index (χ3v) is 4.73. The molecular formula is C20H17N3O4. The summed E-state index contributed by atoms with van der Waals surface area (Å²) in [6, 6.07) is 12.8. The minimum absolute atomic E-state index is 0.140. The van der Waals surface area contributed by atoms with E-state index in [-0.39, 0.29) is 12.4 Å². The fraction of sp³-hybridized carbons (Fsp3) is 0.150. The Balaban J connectivity index is 2.12. The maximum atomic E-state index is 11.4. The second kappa shape index (κ2) is 6.28. The number of ether oxygens (including phenoxy) is 1. The lowest BCUT2D eigenvalue weighted by atomic mass is 10.0. The van der Waals surface area contributed by atoms with Gasteiger partial charge in [-0.2, -0.15) is 0 Å². The van der Waals surface area contributed by atoms with Crippen LogP contribution in [0, 0.1) is 6.92 Å². The molecule has 0 spiro atoms. The predicted octanol–water partition coefficient (Wildman–Crippen LogP) is 3.36. The molecule has 2 aromatic heterocycles. The first-order chi connectivity index (χ1) is 13.0. The van der Waals surface area contributed by atoms with Crippen LogP contribution in [0.25, 0.3) is 32.9 Å². The van der Waals surface area contributed by atoms with Crippen LogP contribution in [-0.4, -0.2) is 38.1 Å². The largest absolute Gasteiger partial charge is 0.497 e. The Labute approximate surface area is 154 Å². The number of carboxylic acid groups (broad SMARTS) is 1. The summed E-state index contributed by atoms with van der Waals surface area (Å²) in [5.41, 5.74) is 2.88. The monoisotopic (exact) mass is 363 g/mol. The quantitative estimate of drug-likeness (QED) is 0.577. The third-order valence-electron chi connectivity index (χ3n) is 4.73. The van der Waals surface area contributed by atoms with Gasteiger partial charge >= 0.3 is 5.97 Å². The standard InChI is InChI=1S/C20H17N3O4/c1-11-18(19-13-5-3-4-6-14(13)20(26)22-21-19)15-9-12(27-2)7-8-16(15)23(11)10-17(24)25/h3-9H,10H2,1-2H3,(H,22,26)(H,24,25). The lowest BCUT2D eigenvalue weighted by Crippen LogP contribution is -2.10. The molecular weight excluding hydrogens is 346 g/mol. The zero-order valence-electron chi connectivity index (χ0n) is 14.8. The topological polar surface area (TPSA) is 97.5 Å². The summed E-state index contributed by atoms with van der Waals surface area (Å²) in [5.74, 6) is -0.412. The van der Waals surface area contributed by atoms with E-state index in [2.05, 4.69) is 10.2 Å². The van der Waals surface area contributed by atoms with Crippen molar-refractivity contribution in [3.8, 4) is 22.9 Å². The number of hydrogen-bond acceptors (Lipinski definition) is 5. The molecule has 0 amide bonds. The highest BCUT2D eigenvalue weighted by Gasteiger charge is 2.21. The van der Waals surface area contributed by atoms with Crippen LogP contribution >= 0.6 is 0 Å². The van der Waals surface area contributed by atoms with E-state index in [1.165, 1.54) is 0 Å². The molecule has 0 unspecified atom stereocenters. The summed E-state index contributed by atoms with van der Waals surface area (Å²) in [4.78, 5) is 11.4. The molecule has 4 aromatic rings. The van der Waals surface area contributed by atoms with Gasteiger partial charge in [0.15, 0.2) is 0 Å². The summed E-state index contributed by atoms with van der Waals surface area (Å²) >= 11 is 0. The lowest BCUT2D eigenvalue weighted by molar-refractivity contribution is -0.137. The van der Waals surface area contributed by atoms with Gasteiger partial charge in [-0.3, -0.25) is 4.79 Å². The molecule has 0 aliphatic carbocycles. The number of methoxy groups -OCH3 is 1. The molecule has 27 heavy (non-hydrogen) atoms. The van der Waals surface area contributed by atoms with E-state index in [1.54, 1.807) is 23.8 Å². The minimum atomic E-state index is -0.931. The first kappa shape index (κ1) is 16.8. The van der Waals surface area contributed by atoms with Gasteiger partial charge in [-0.15, -0.1) is 10.2 Å². The Morgan fingerprint density at radius 1 is 1.11 bits per heavy atom. The third kappa shape index (κ3) is 2.64. The van der Waals surface area contributed by atoms with Gasteiger partial charge in [0, 0.05) is 32.9 Å². The maximum absolute atomic E-state index is 11.4. The van der Waals surface area contributed by atoms with Crippen LogP contribution in [0.3, 0.4) is 0 Å². The summed E-state index contributed by atoms with van der Waals surface area (Å²) in [5, 5.41) is 29.7. The van der Waals surface area contributed by atoms with E-state index < -0.39 is 5.97 Å². The molecule has 0 saturated carbocycles. The molecule has 0 atom stereocenters. The van der Waals surface area contributed by atoms with E-state index in [0.29, 0.717) is 16.8 Å². The number of rotatable bonds is 4. The highest BCUT2D eigenvalue weighted by Crippen LogP contribution is 2.39. The fourth-order valence-electron chi connectivity index (χ4n) is 3.50. The number of nitrogens with zero attached hydrogens (tertiary/aromatic N) is 3. The summed E-state index contributed by atoms with van der Waals surface area (Å²) < 4.78 is 7.08. The Bertz CT molecular complexity index is 1200. The van der Waals surface area contributed by atoms with Crippen LogP contribution in [0.4, 0.5) is 0 Å². The van der Waals surface area contributed by atoms with E-state index in [1.807, 2.05) is 37.3 Å². The Morgan fingerprint density at radius 2 is 1.85 bits per heavy atom. The molecule has 0 aliphatic rings. The van der Waals surface area contributed by atoms with Gasteiger partial charge in [0.25, 0.3) is 0 Å². The average molecular weight is 363 g/mol. The zero-order chi connectivity index (χ0) is 19.1. The highest BCUT2D eigenvalue weighted by atomic mass is 16.5. The van der Waals surface area contributed by atoms with Crippen LogP contribution in [0.5, 0.6) is 11.6 Å². The molecule has 0 radical (unpaired) electrons. The summed E-state index contributed by atoms with van der Waals surface area (Å²) in [6.07, 6.45) is 0. The van der Waals surface area contributed by atoms with Crippen molar-refractivity contribution in [2.75, 3.05) is 7.11 Å². The van der Waals surface area contributed by atoms with Crippen molar-refractivity contribution in [3.63, 3.8) is 0 Å². The number of hydrogen-bond donors (Lipinski definition) is 2. The molecule has 2 N–H and O–H groups in total. The number of carboxylic acids is 1. The van der Waals surface area contributed by atoms with Gasteiger partial charge < -0.3 is 19.5 Å². The van der Waals surface area contributed by atoms with Crippen molar-refractivity contribution in [1.29, 1.82) is 0 Å². The van der Waals surface area contributed by atoms with Gasteiger partial charge in [0.05, 0.1) is 7.11 Å². The molecule has 0 fully saturated rings. The first-order valence-electron chi connectivity index (χ1n) is 8.34. The Hall–Kier alpha value is -3.61. The van der Waals surface area contributed by atoms with E-state index in [4.69, 9.17) is 4.74 Å². The van der Waals surface area contributed by atoms with Crippen LogP contribution in [0.1, 0.15) is 5.69 Å². The Kier molecular flexibility index (Phi) is 3.92. The number of aromatic nitrogens is 3. The van der Waals surface area contributed by atoms with Gasteiger partial charge in [0.1, 0.15) is 18.0 Å². The van der Waals surface area contributed by atoms with E-state index >= 15 is 0 Å². The van der Waals surface area contributed by atoms with Crippen molar-refractivity contribution < 1.29 is 19.7 Å². The number of fused-ring (bicyclic) bond motifs is 2. The van der Waals surface area contributed by atoms with Gasteiger partial charge in [-0.25, -0.2) is 0 Å². The smallest absolute Gasteiger partial charge is 0.323 e. The second-order valence-electron chi connectivity index (χ2n) is 6.24. The van der Waals surface area contributed by atoms with Gasteiger partial charge in [-0.1, -0.05) is 18.2 Å². The SMILES string of the molecule is COc1ccc2c(c1)c(-c1nnc(O)c3ccccc13)c(C)n2CC(=O)O. The first-order valence-corrected chi connectivity index (χ1v) is 8.34. The second-order valence-corrected chi connectivity index (χ2v) is 6.24. The predicted molar refractivity (Wildman–Crippen MR) is 101 cm³/mol. The molecule has 7 nitrogen and oxygen atoms in total. The highest BCUT2D eigenvalue weighted by molar-refractivity contribution is 6.06. The normalized spacial score (nSPS) is 11.2. The van der Waals surface area contributed by atoms with Gasteiger partial charge in [0.2, 0.25) is 5.88 Å². The molecule has 7 heteroatoms. The molecule has 136 valence electrons. The number of aliphatic carboxylic acids is 1. The Morgan fingerprint density at radius 3 is 2.56 bits per heavy atom. The molecule has 2 aromatic carbocycles. The fourth-order valence-corrected chi connectivity index (χ4v) is 3.50. The van der Waals surface area contributed by atoms with Crippen LogP contribution in [0.15, 0.2) is 42.5 Å². The van der Waals surface area contributed by atoms with Crippen LogP contribution in [-0.2, 0) is 11.3 Å². The average Bonchev–Trinajstić information content (AvgIpc) is 2.93.